The van der Waals surface area contributed by atoms with E-state index in [-0.39, 0.29) is 31.1 Å². The Labute approximate surface area is 387 Å². The van der Waals surface area contributed by atoms with E-state index in [4.69, 9.17) is 14.2 Å². The number of carbonyl (C=O) groups excluding carboxylic acids is 3. The van der Waals surface area contributed by atoms with E-state index in [0.29, 0.717) is 19.3 Å². The number of esters is 3. The Morgan fingerprint density at radius 3 is 0.919 bits per heavy atom. The van der Waals surface area contributed by atoms with Crippen LogP contribution in [-0.2, 0) is 28.6 Å². The van der Waals surface area contributed by atoms with Gasteiger partial charge in [0, 0.05) is 19.3 Å². The molecule has 0 aliphatic carbocycles. The first-order valence-electron chi connectivity index (χ1n) is 27.8. The molecule has 0 heterocycles. The Morgan fingerprint density at radius 1 is 0.339 bits per heavy atom. The summed E-state index contributed by atoms with van der Waals surface area (Å²) in [6.45, 7) is 11.4. The van der Waals surface area contributed by atoms with Gasteiger partial charge < -0.3 is 14.2 Å². The van der Waals surface area contributed by atoms with Gasteiger partial charge in [0.05, 0.1) is 0 Å². The highest BCUT2D eigenvalue weighted by molar-refractivity contribution is 5.71. The molecule has 0 spiro atoms. The molecule has 2 atom stereocenters. The Bertz CT molecular complexity index is 949. The summed E-state index contributed by atoms with van der Waals surface area (Å²) in [5.74, 6) is 0.856. The number of hydrogen-bond donors (Lipinski definition) is 0. The highest BCUT2D eigenvalue weighted by Crippen LogP contribution is 2.18. The van der Waals surface area contributed by atoms with Gasteiger partial charge in [-0.2, -0.15) is 0 Å². The van der Waals surface area contributed by atoms with Gasteiger partial charge in [0.2, 0.25) is 0 Å². The van der Waals surface area contributed by atoms with E-state index >= 15 is 0 Å². The van der Waals surface area contributed by atoms with Crippen LogP contribution in [-0.4, -0.2) is 37.2 Å². The number of unbranched alkanes of at least 4 members (excludes halogenated alkanes) is 34. The molecule has 0 aromatic carbocycles. The van der Waals surface area contributed by atoms with Crippen LogP contribution in [0.1, 0.15) is 311 Å². The zero-order chi connectivity index (χ0) is 45.4. The van der Waals surface area contributed by atoms with Crippen LogP contribution >= 0.6 is 0 Å². The fourth-order valence-corrected chi connectivity index (χ4v) is 8.49. The van der Waals surface area contributed by atoms with Gasteiger partial charge in [-0.15, -0.1) is 0 Å². The molecule has 0 aliphatic rings. The minimum atomic E-state index is -0.762. The van der Waals surface area contributed by atoms with Gasteiger partial charge in [0.25, 0.3) is 0 Å². The van der Waals surface area contributed by atoms with Gasteiger partial charge in [-0.3, -0.25) is 14.4 Å². The second kappa shape index (κ2) is 48.9. The molecule has 0 saturated heterocycles. The van der Waals surface area contributed by atoms with Crippen LogP contribution in [0.25, 0.3) is 0 Å². The van der Waals surface area contributed by atoms with Gasteiger partial charge in [-0.1, -0.05) is 272 Å². The van der Waals surface area contributed by atoms with Crippen molar-refractivity contribution in [3.8, 4) is 0 Å². The summed E-state index contributed by atoms with van der Waals surface area (Å²) in [5, 5.41) is 0. The molecule has 0 aromatic heterocycles. The van der Waals surface area contributed by atoms with E-state index in [9.17, 15) is 14.4 Å². The van der Waals surface area contributed by atoms with Crippen molar-refractivity contribution in [3.63, 3.8) is 0 Å². The van der Waals surface area contributed by atoms with Crippen molar-refractivity contribution in [2.75, 3.05) is 13.2 Å². The SMILES string of the molecule is CCCCCCCCCCCCCCCC(=O)OC[C@@H](COC(=O)CCCCCCCCCCC(C)CC)OC(=O)CCCCCCCCCCCCCCCCCCC(C)C. The van der Waals surface area contributed by atoms with Gasteiger partial charge in [0.15, 0.2) is 6.10 Å². The predicted molar refractivity (Wildman–Crippen MR) is 266 cm³/mol. The lowest BCUT2D eigenvalue weighted by atomic mass is 9.99. The Balaban J connectivity index is 4.28. The second-order valence-corrected chi connectivity index (χ2v) is 19.9. The van der Waals surface area contributed by atoms with E-state index in [1.807, 2.05) is 0 Å². The molecule has 0 radical (unpaired) electrons. The first kappa shape index (κ1) is 60.4. The molecule has 368 valence electrons. The molecule has 0 amide bonds. The number of carbonyl (C=O) groups is 3. The molecule has 0 saturated carbocycles. The van der Waals surface area contributed by atoms with Crippen LogP contribution in [0.3, 0.4) is 0 Å². The third-order valence-corrected chi connectivity index (χ3v) is 13.1. The van der Waals surface area contributed by atoms with Gasteiger partial charge in [0.1, 0.15) is 13.2 Å². The Hall–Kier alpha value is -1.59. The minimum Gasteiger partial charge on any atom is -0.462 e. The molecule has 0 aromatic rings. The standard InChI is InChI=1S/C56H108O6/c1-6-8-9-10-11-12-13-18-22-25-31-36-41-46-54(57)60-49-53(50-61-55(58)47-42-37-32-28-27-30-35-40-45-52(5)7-2)62-56(59)48-43-38-33-26-23-20-17-15-14-16-19-21-24-29-34-39-44-51(3)4/h51-53H,6-50H2,1-5H3/t52?,53-/m0/s1. The number of hydrogen-bond acceptors (Lipinski definition) is 6. The summed E-state index contributed by atoms with van der Waals surface area (Å²) in [4.78, 5) is 38.0. The summed E-state index contributed by atoms with van der Waals surface area (Å²) >= 11 is 0. The molecule has 0 fully saturated rings. The van der Waals surface area contributed by atoms with Crippen LogP contribution in [0.5, 0.6) is 0 Å². The predicted octanol–water partition coefficient (Wildman–Crippen LogP) is 18.1. The van der Waals surface area contributed by atoms with E-state index in [1.165, 1.54) is 199 Å². The quantitative estimate of drug-likeness (QED) is 0.0344. The highest BCUT2D eigenvalue weighted by Gasteiger charge is 2.19. The van der Waals surface area contributed by atoms with Crippen molar-refractivity contribution in [1.29, 1.82) is 0 Å². The zero-order valence-corrected chi connectivity index (χ0v) is 42.5. The molecule has 1 unspecified atom stereocenters. The normalized spacial score (nSPS) is 12.5. The lowest BCUT2D eigenvalue weighted by Gasteiger charge is -2.18. The molecular weight excluding hydrogens is 769 g/mol. The molecule has 0 bridgehead atoms. The fraction of sp³-hybridized carbons (Fsp3) is 0.946. The van der Waals surface area contributed by atoms with Crippen LogP contribution in [0.2, 0.25) is 0 Å². The van der Waals surface area contributed by atoms with Crippen LogP contribution in [0.4, 0.5) is 0 Å². The van der Waals surface area contributed by atoms with Crippen molar-refractivity contribution in [1.82, 2.24) is 0 Å². The second-order valence-electron chi connectivity index (χ2n) is 19.9. The molecule has 0 aliphatic heterocycles. The van der Waals surface area contributed by atoms with Crippen molar-refractivity contribution in [2.45, 2.75) is 317 Å². The van der Waals surface area contributed by atoms with Crippen LogP contribution in [0.15, 0.2) is 0 Å². The molecule has 0 N–H and O–H groups in total. The zero-order valence-electron chi connectivity index (χ0n) is 42.5. The molecule has 0 rings (SSSR count). The highest BCUT2D eigenvalue weighted by atomic mass is 16.6. The van der Waals surface area contributed by atoms with E-state index in [2.05, 4.69) is 34.6 Å². The first-order chi connectivity index (χ1) is 30.3. The maximum absolute atomic E-state index is 12.8. The van der Waals surface area contributed by atoms with Crippen molar-refractivity contribution in [2.24, 2.45) is 11.8 Å². The van der Waals surface area contributed by atoms with Gasteiger partial charge >= 0.3 is 17.9 Å². The lowest BCUT2D eigenvalue weighted by molar-refractivity contribution is -0.167. The number of ether oxygens (including phenoxy) is 3. The van der Waals surface area contributed by atoms with E-state index < -0.39 is 6.10 Å². The summed E-state index contributed by atoms with van der Waals surface area (Å²) in [6, 6.07) is 0. The van der Waals surface area contributed by atoms with E-state index in [0.717, 1.165) is 69.6 Å². The minimum absolute atomic E-state index is 0.0633. The smallest absolute Gasteiger partial charge is 0.306 e. The van der Waals surface area contributed by atoms with Crippen molar-refractivity contribution < 1.29 is 28.6 Å². The van der Waals surface area contributed by atoms with Crippen molar-refractivity contribution in [3.05, 3.63) is 0 Å². The Kier molecular flexibility index (Phi) is 47.6. The summed E-state index contributed by atoms with van der Waals surface area (Å²) < 4.78 is 16.9. The lowest BCUT2D eigenvalue weighted by Crippen LogP contribution is -2.30. The molecular formula is C56H108O6. The summed E-state index contributed by atoms with van der Waals surface area (Å²) in [5.41, 5.74) is 0. The maximum atomic E-state index is 12.8. The fourth-order valence-electron chi connectivity index (χ4n) is 8.49. The summed E-state index contributed by atoms with van der Waals surface area (Å²) in [7, 11) is 0. The third-order valence-electron chi connectivity index (χ3n) is 13.1. The average molecular weight is 877 g/mol. The van der Waals surface area contributed by atoms with Crippen molar-refractivity contribution >= 4 is 17.9 Å². The summed E-state index contributed by atoms with van der Waals surface area (Å²) in [6.07, 6.45) is 50.9. The van der Waals surface area contributed by atoms with Crippen LogP contribution in [0, 0.1) is 11.8 Å². The number of rotatable bonds is 50. The average Bonchev–Trinajstić information content (AvgIpc) is 3.26. The monoisotopic (exact) mass is 877 g/mol. The Morgan fingerprint density at radius 2 is 0.613 bits per heavy atom. The first-order valence-corrected chi connectivity index (χ1v) is 27.8. The molecule has 6 nitrogen and oxygen atoms in total. The maximum Gasteiger partial charge on any atom is 0.306 e. The third kappa shape index (κ3) is 47.9. The van der Waals surface area contributed by atoms with Gasteiger partial charge in [-0.05, 0) is 31.1 Å². The topological polar surface area (TPSA) is 78.9 Å². The van der Waals surface area contributed by atoms with Crippen LogP contribution < -0.4 is 0 Å². The largest absolute Gasteiger partial charge is 0.462 e. The molecule has 6 heteroatoms. The molecule has 62 heavy (non-hydrogen) atoms. The van der Waals surface area contributed by atoms with E-state index in [1.54, 1.807) is 0 Å². The van der Waals surface area contributed by atoms with Gasteiger partial charge in [-0.25, -0.2) is 0 Å².